The SMILES string of the molecule is COc1cc(CNC(C(=O)O)C(C)C)c(Br)cc1OCc1ccc(Cl)cc1. The first kappa shape index (κ1) is 21.5. The van der Waals surface area contributed by atoms with Crippen molar-refractivity contribution in [2.75, 3.05) is 7.11 Å². The van der Waals surface area contributed by atoms with Crippen molar-refractivity contribution in [3.63, 3.8) is 0 Å². The molecule has 2 rings (SSSR count). The van der Waals surface area contributed by atoms with E-state index in [2.05, 4.69) is 21.2 Å². The second-order valence-corrected chi connectivity index (χ2v) is 7.74. The van der Waals surface area contributed by atoms with E-state index in [9.17, 15) is 9.90 Å². The van der Waals surface area contributed by atoms with Gasteiger partial charge >= 0.3 is 5.97 Å². The largest absolute Gasteiger partial charge is 0.493 e. The third-order valence-electron chi connectivity index (χ3n) is 4.09. The lowest BCUT2D eigenvalue weighted by Crippen LogP contribution is -2.40. The average Bonchev–Trinajstić information content (AvgIpc) is 2.62. The lowest BCUT2D eigenvalue weighted by atomic mass is 10.0. The van der Waals surface area contributed by atoms with E-state index in [1.807, 2.05) is 50.2 Å². The predicted octanol–water partition coefficient (Wildman–Crippen LogP) is 4.89. The van der Waals surface area contributed by atoms with Gasteiger partial charge in [0.2, 0.25) is 0 Å². The van der Waals surface area contributed by atoms with Crippen molar-refractivity contribution >= 4 is 33.5 Å². The summed E-state index contributed by atoms with van der Waals surface area (Å²) in [4.78, 5) is 11.3. The van der Waals surface area contributed by atoms with E-state index in [4.69, 9.17) is 21.1 Å². The number of rotatable bonds is 9. The highest BCUT2D eigenvalue weighted by Crippen LogP contribution is 2.34. The topological polar surface area (TPSA) is 67.8 Å². The van der Waals surface area contributed by atoms with Crippen LogP contribution in [-0.4, -0.2) is 24.2 Å². The Balaban J connectivity index is 2.11. The molecule has 0 amide bonds. The fraction of sp³-hybridized carbons (Fsp3) is 0.350. The van der Waals surface area contributed by atoms with Crippen molar-refractivity contribution in [1.82, 2.24) is 5.32 Å². The molecule has 0 radical (unpaired) electrons. The number of carboxylic acid groups (broad SMARTS) is 1. The first-order chi connectivity index (χ1) is 12.8. The molecule has 1 atom stereocenters. The van der Waals surface area contributed by atoms with Crippen LogP contribution in [-0.2, 0) is 17.9 Å². The monoisotopic (exact) mass is 455 g/mol. The van der Waals surface area contributed by atoms with Crippen molar-refractivity contribution < 1.29 is 19.4 Å². The number of carbonyl (C=O) groups is 1. The molecule has 0 aliphatic carbocycles. The minimum atomic E-state index is -0.865. The van der Waals surface area contributed by atoms with Crippen LogP contribution in [0.15, 0.2) is 40.9 Å². The molecule has 2 aromatic rings. The van der Waals surface area contributed by atoms with Gasteiger partial charge in [0.25, 0.3) is 0 Å². The first-order valence-electron chi connectivity index (χ1n) is 8.51. The lowest BCUT2D eigenvalue weighted by Gasteiger charge is -2.19. The standard InChI is InChI=1S/C20H23BrClNO4/c1-12(2)19(20(24)25)23-10-14-8-17(26-3)18(9-16(14)21)27-11-13-4-6-15(22)7-5-13/h4-9,12,19,23H,10-11H2,1-3H3,(H,24,25). The molecular weight excluding hydrogens is 434 g/mol. The molecule has 0 aliphatic heterocycles. The Morgan fingerprint density at radius 1 is 1.22 bits per heavy atom. The van der Waals surface area contributed by atoms with Gasteiger partial charge in [-0.25, -0.2) is 0 Å². The molecule has 0 bridgehead atoms. The highest BCUT2D eigenvalue weighted by atomic mass is 79.9. The number of hydrogen-bond acceptors (Lipinski definition) is 4. The Kier molecular flexibility index (Phi) is 7.95. The summed E-state index contributed by atoms with van der Waals surface area (Å²) in [6.07, 6.45) is 0. The van der Waals surface area contributed by atoms with Crippen LogP contribution in [0, 0.1) is 5.92 Å². The number of ether oxygens (including phenoxy) is 2. The van der Waals surface area contributed by atoms with Crippen molar-refractivity contribution in [2.24, 2.45) is 5.92 Å². The molecule has 27 heavy (non-hydrogen) atoms. The minimum Gasteiger partial charge on any atom is -0.493 e. The lowest BCUT2D eigenvalue weighted by molar-refractivity contribution is -0.140. The van der Waals surface area contributed by atoms with Crippen LogP contribution in [0.5, 0.6) is 11.5 Å². The molecule has 7 heteroatoms. The van der Waals surface area contributed by atoms with Crippen molar-refractivity contribution in [3.05, 3.63) is 57.0 Å². The third kappa shape index (κ3) is 6.13. The summed E-state index contributed by atoms with van der Waals surface area (Å²) in [6, 6.07) is 10.5. The van der Waals surface area contributed by atoms with E-state index in [1.54, 1.807) is 7.11 Å². The van der Waals surface area contributed by atoms with E-state index < -0.39 is 12.0 Å². The van der Waals surface area contributed by atoms with Gasteiger partial charge in [-0.05, 0) is 41.3 Å². The molecule has 0 aromatic heterocycles. The molecular formula is C20H23BrClNO4. The van der Waals surface area contributed by atoms with Gasteiger partial charge in [0.05, 0.1) is 7.11 Å². The van der Waals surface area contributed by atoms with E-state index in [0.717, 1.165) is 15.6 Å². The van der Waals surface area contributed by atoms with E-state index in [1.165, 1.54) is 0 Å². The van der Waals surface area contributed by atoms with Gasteiger partial charge in [-0.1, -0.05) is 53.5 Å². The van der Waals surface area contributed by atoms with Gasteiger partial charge in [-0.15, -0.1) is 0 Å². The Morgan fingerprint density at radius 3 is 2.44 bits per heavy atom. The maximum atomic E-state index is 11.3. The van der Waals surface area contributed by atoms with Crippen LogP contribution >= 0.6 is 27.5 Å². The molecule has 2 N–H and O–H groups in total. The summed E-state index contributed by atoms with van der Waals surface area (Å²) in [5, 5.41) is 13.1. The molecule has 0 aliphatic rings. The van der Waals surface area contributed by atoms with E-state index >= 15 is 0 Å². The number of methoxy groups -OCH3 is 1. The number of hydrogen-bond donors (Lipinski definition) is 2. The van der Waals surface area contributed by atoms with Crippen molar-refractivity contribution in [2.45, 2.75) is 33.0 Å². The zero-order valence-corrected chi connectivity index (χ0v) is 17.8. The molecule has 2 aromatic carbocycles. The summed E-state index contributed by atoms with van der Waals surface area (Å²) in [6.45, 7) is 4.51. The zero-order chi connectivity index (χ0) is 20.0. The predicted molar refractivity (Wildman–Crippen MR) is 110 cm³/mol. The maximum absolute atomic E-state index is 11.3. The number of halogens is 2. The molecule has 1 unspecified atom stereocenters. The average molecular weight is 457 g/mol. The fourth-order valence-electron chi connectivity index (χ4n) is 2.55. The Bertz CT molecular complexity index is 780. The number of aliphatic carboxylic acids is 1. The van der Waals surface area contributed by atoms with Gasteiger partial charge < -0.3 is 19.9 Å². The van der Waals surface area contributed by atoms with Crippen molar-refractivity contribution in [1.29, 1.82) is 0 Å². The van der Waals surface area contributed by atoms with Crippen LogP contribution in [0.4, 0.5) is 0 Å². The maximum Gasteiger partial charge on any atom is 0.320 e. The summed E-state index contributed by atoms with van der Waals surface area (Å²) < 4.78 is 12.1. The molecule has 0 saturated carbocycles. The van der Waals surface area contributed by atoms with Crippen LogP contribution in [0.3, 0.4) is 0 Å². The fourth-order valence-corrected chi connectivity index (χ4v) is 3.14. The first-order valence-corrected chi connectivity index (χ1v) is 9.68. The molecule has 5 nitrogen and oxygen atoms in total. The van der Waals surface area contributed by atoms with Gasteiger partial charge in [0, 0.05) is 16.0 Å². The quantitative estimate of drug-likeness (QED) is 0.562. The second kappa shape index (κ2) is 9.97. The van der Waals surface area contributed by atoms with Crippen molar-refractivity contribution in [3.8, 4) is 11.5 Å². The number of benzene rings is 2. The zero-order valence-electron chi connectivity index (χ0n) is 15.5. The third-order valence-corrected chi connectivity index (χ3v) is 5.08. The van der Waals surface area contributed by atoms with Crippen LogP contribution < -0.4 is 14.8 Å². The molecule has 146 valence electrons. The highest BCUT2D eigenvalue weighted by molar-refractivity contribution is 9.10. The van der Waals surface area contributed by atoms with Crippen LogP contribution in [0.2, 0.25) is 5.02 Å². The van der Waals surface area contributed by atoms with E-state index in [-0.39, 0.29) is 5.92 Å². The Hall–Kier alpha value is -1.76. The molecule has 0 heterocycles. The summed E-state index contributed by atoms with van der Waals surface area (Å²) in [5.74, 6) is 0.295. The van der Waals surface area contributed by atoms with Gasteiger partial charge in [0.15, 0.2) is 11.5 Å². The Labute approximate surface area is 172 Å². The van der Waals surface area contributed by atoms with Crippen LogP contribution in [0.25, 0.3) is 0 Å². The smallest absolute Gasteiger partial charge is 0.320 e. The normalized spacial score (nSPS) is 12.1. The number of nitrogens with one attached hydrogen (secondary N) is 1. The summed E-state index contributed by atoms with van der Waals surface area (Å²) in [5.41, 5.74) is 1.88. The van der Waals surface area contributed by atoms with E-state index in [0.29, 0.717) is 29.7 Å². The molecule has 0 saturated heterocycles. The van der Waals surface area contributed by atoms with Gasteiger partial charge in [-0.3, -0.25) is 4.79 Å². The summed E-state index contributed by atoms with van der Waals surface area (Å²) >= 11 is 9.43. The Morgan fingerprint density at radius 2 is 1.89 bits per heavy atom. The highest BCUT2D eigenvalue weighted by Gasteiger charge is 2.21. The van der Waals surface area contributed by atoms with Gasteiger partial charge in [-0.2, -0.15) is 0 Å². The van der Waals surface area contributed by atoms with Crippen LogP contribution in [0.1, 0.15) is 25.0 Å². The molecule has 0 fully saturated rings. The summed E-state index contributed by atoms with van der Waals surface area (Å²) in [7, 11) is 1.57. The minimum absolute atomic E-state index is 0.0230. The van der Waals surface area contributed by atoms with Gasteiger partial charge in [0.1, 0.15) is 12.6 Å². The number of carboxylic acids is 1. The molecule has 0 spiro atoms. The second-order valence-electron chi connectivity index (χ2n) is 6.45.